The van der Waals surface area contributed by atoms with Gasteiger partial charge in [-0.3, -0.25) is 0 Å². The Hall–Kier alpha value is -0.945. The van der Waals surface area contributed by atoms with E-state index in [4.69, 9.17) is 14.8 Å². The van der Waals surface area contributed by atoms with Crippen molar-refractivity contribution < 1.29 is 19.2 Å². The summed E-state index contributed by atoms with van der Waals surface area (Å²) in [5, 5.41) is 18.2. The lowest BCUT2D eigenvalue weighted by Crippen LogP contribution is -2.34. The molecule has 0 bridgehead atoms. The van der Waals surface area contributed by atoms with E-state index in [-0.39, 0.29) is 5.46 Å². The second-order valence-corrected chi connectivity index (χ2v) is 5.51. The molecule has 1 unspecified atom stereocenters. The number of ether oxygens (including phenoxy) is 1. The summed E-state index contributed by atoms with van der Waals surface area (Å²) in [6.07, 6.45) is 2.28. The van der Waals surface area contributed by atoms with Crippen LogP contribution in [-0.2, 0) is 11.3 Å². The Bertz CT molecular complexity index is 438. The summed E-state index contributed by atoms with van der Waals surface area (Å²) in [5.41, 5.74) is 0.797. The standard InChI is InChI=1S/C14H21BFNO3/c1-17(9-12-3-2-6-20-10-12)8-11-4-5-14(16)13(7-11)15(18)19/h4-5,7,12,18-19H,2-3,6,8-10H2,1H3. The van der Waals surface area contributed by atoms with E-state index in [2.05, 4.69) is 4.90 Å². The molecule has 0 amide bonds. The van der Waals surface area contributed by atoms with Gasteiger partial charge in [0.25, 0.3) is 0 Å². The number of benzene rings is 1. The molecule has 2 N–H and O–H groups in total. The molecule has 0 spiro atoms. The smallest absolute Gasteiger partial charge is 0.423 e. The van der Waals surface area contributed by atoms with Crippen molar-refractivity contribution >= 4 is 12.6 Å². The SMILES string of the molecule is CN(Cc1ccc(F)c(B(O)O)c1)CC1CCCOC1. The first-order valence-corrected chi connectivity index (χ1v) is 6.97. The van der Waals surface area contributed by atoms with E-state index in [1.54, 1.807) is 6.07 Å². The Morgan fingerprint density at radius 2 is 2.25 bits per heavy atom. The molecular weight excluding hydrogens is 260 g/mol. The van der Waals surface area contributed by atoms with Crippen LogP contribution in [0.4, 0.5) is 4.39 Å². The minimum absolute atomic E-state index is 0.0723. The lowest BCUT2D eigenvalue weighted by molar-refractivity contribution is 0.0411. The highest BCUT2D eigenvalue weighted by atomic mass is 19.1. The Morgan fingerprint density at radius 3 is 2.90 bits per heavy atom. The van der Waals surface area contributed by atoms with Gasteiger partial charge >= 0.3 is 7.12 Å². The molecule has 1 aromatic carbocycles. The number of nitrogens with zero attached hydrogens (tertiary/aromatic N) is 1. The zero-order valence-electron chi connectivity index (χ0n) is 11.8. The molecule has 6 heteroatoms. The third-order valence-electron chi connectivity index (χ3n) is 3.62. The minimum atomic E-state index is -1.77. The first-order chi connectivity index (χ1) is 9.56. The molecule has 1 aliphatic heterocycles. The normalized spacial score (nSPS) is 19.4. The third kappa shape index (κ3) is 4.28. The molecule has 1 aliphatic rings. The molecule has 1 atom stereocenters. The number of hydrogen-bond acceptors (Lipinski definition) is 4. The molecule has 2 rings (SSSR count). The Morgan fingerprint density at radius 1 is 1.45 bits per heavy atom. The van der Waals surface area contributed by atoms with Crippen LogP contribution in [0.15, 0.2) is 18.2 Å². The average molecular weight is 281 g/mol. The van der Waals surface area contributed by atoms with E-state index in [9.17, 15) is 4.39 Å². The van der Waals surface area contributed by atoms with Crippen LogP contribution < -0.4 is 5.46 Å². The van der Waals surface area contributed by atoms with E-state index < -0.39 is 12.9 Å². The monoisotopic (exact) mass is 281 g/mol. The fraction of sp³-hybridized carbons (Fsp3) is 0.571. The Labute approximate surface area is 119 Å². The van der Waals surface area contributed by atoms with Gasteiger partial charge in [-0.25, -0.2) is 4.39 Å². The van der Waals surface area contributed by atoms with Crippen molar-refractivity contribution in [2.75, 3.05) is 26.8 Å². The Balaban J connectivity index is 1.93. The fourth-order valence-electron chi connectivity index (χ4n) is 2.66. The lowest BCUT2D eigenvalue weighted by atomic mass is 9.79. The van der Waals surface area contributed by atoms with E-state index in [1.807, 2.05) is 7.05 Å². The Kier molecular flexibility index (Phi) is 5.54. The topological polar surface area (TPSA) is 52.9 Å². The molecule has 0 radical (unpaired) electrons. The van der Waals surface area contributed by atoms with Gasteiger partial charge in [0.05, 0.1) is 6.61 Å². The summed E-state index contributed by atoms with van der Waals surface area (Å²) < 4.78 is 18.8. The van der Waals surface area contributed by atoms with Crippen LogP contribution >= 0.6 is 0 Å². The molecular formula is C14H21BFNO3. The van der Waals surface area contributed by atoms with Crippen LogP contribution in [0, 0.1) is 11.7 Å². The first-order valence-electron chi connectivity index (χ1n) is 6.97. The maximum absolute atomic E-state index is 13.4. The van der Waals surface area contributed by atoms with Crippen LogP contribution in [0.3, 0.4) is 0 Å². The van der Waals surface area contributed by atoms with Gasteiger partial charge in [-0.2, -0.15) is 0 Å². The van der Waals surface area contributed by atoms with E-state index in [0.717, 1.165) is 31.7 Å². The minimum Gasteiger partial charge on any atom is -0.423 e. The lowest BCUT2D eigenvalue weighted by Gasteiger charge is -2.27. The molecule has 1 saturated heterocycles. The number of halogens is 1. The molecule has 110 valence electrons. The van der Waals surface area contributed by atoms with Gasteiger partial charge in [0.1, 0.15) is 5.82 Å². The van der Waals surface area contributed by atoms with Crippen LogP contribution in [0.2, 0.25) is 0 Å². The number of rotatable bonds is 5. The maximum atomic E-state index is 13.4. The van der Waals surface area contributed by atoms with Crippen molar-refractivity contribution in [1.29, 1.82) is 0 Å². The summed E-state index contributed by atoms with van der Waals surface area (Å²) >= 11 is 0. The van der Waals surface area contributed by atoms with Gasteiger partial charge in [-0.05, 0) is 37.4 Å². The van der Waals surface area contributed by atoms with E-state index >= 15 is 0 Å². The zero-order valence-corrected chi connectivity index (χ0v) is 11.8. The molecule has 1 aromatic rings. The molecule has 1 fully saturated rings. The van der Waals surface area contributed by atoms with Crippen molar-refractivity contribution in [3.8, 4) is 0 Å². The van der Waals surface area contributed by atoms with Gasteiger partial charge in [0, 0.05) is 25.2 Å². The second-order valence-electron chi connectivity index (χ2n) is 5.51. The summed E-state index contributed by atoms with van der Waals surface area (Å²) in [7, 11) is 0.236. The summed E-state index contributed by atoms with van der Waals surface area (Å²) in [5.74, 6) is -0.0517. The van der Waals surface area contributed by atoms with Gasteiger partial charge in [-0.15, -0.1) is 0 Å². The maximum Gasteiger partial charge on any atom is 0.491 e. The van der Waals surface area contributed by atoms with Crippen molar-refractivity contribution in [3.05, 3.63) is 29.6 Å². The molecule has 0 aliphatic carbocycles. The van der Waals surface area contributed by atoms with Crippen LogP contribution in [0.1, 0.15) is 18.4 Å². The average Bonchev–Trinajstić information content (AvgIpc) is 2.41. The quantitative estimate of drug-likeness (QED) is 0.765. The van der Waals surface area contributed by atoms with Gasteiger partial charge in [0.15, 0.2) is 0 Å². The van der Waals surface area contributed by atoms with E-state index in [0.29, 0.717) is 12.5 Å². The second kappa shape index (κ2) is 7.17. The molecule has 20 heavy (non-hydrogen) atoms. The van der Waals surface area contributed by atoms with Crippen LogP contribution in [0.5, 0.6) is 0 Å². The van der Waals surface area contributed by atoms with Gasteiger partial charge in [0.2, 0.25) is 0 Å². The highest BCUT2D eigenvalue weighted by molar-refractivity contribution is 6.58. The highest BCUT2D eigenvalue weighted by Gasteiger charge is 2.19. The predicted octanol–water partition coefficient (Wildman–Crippen LogP) is 0.364. The van der Waals surface area contributed by atoms with Crippen molar-refractivity contribution in [1.82, 2.24) is 4.90 Å². The zero-order chi connectivity index (χ0) is 14.5. The van der Waals surface area contributed by atoms with Gasteiger partial charge in [-0.1, -0.05) is 12.1 Å². The van der Waals surface area contributed by atoms with Crippen molar-refractivity contribution in [2.45, 2.75) is 19.4 Å². The largest absolute Gasteiger partial charge is 0.491 e. The van der Waals surface area contributed by atoms with E-state index in [1.165, 1.54) is 18.6 Å². The predicted molar refractivity (Wildman–Crippen MR) is 76.1 cm³/mol. The van der Waals surface area contributed by atoms with Crippen LogP contribution in [0.25, 0.3) is 0 Å². The molecule has 4 nitrogen and oxygen atoms in total. The van der Waals surface area contributed by atoms with Crippen molar-refractivity contribution in [2.24, 2.45) is 5.92 Å². The van der Waals surface area contributed by atoms with Crippen molar-refractivity contribution in [3.63, 3.8) is 0 Å². The first kappa shape index (κ1) is 15.4. The number of hydrogen-bond donors (Lipinski definition) is 2. The summed E-state index contributed by atoms with van der Waals surface area (Å²) in [6, 6.07) is 4.46. The summed E-state index contributed by atoms with van der Waals surface area (Å²) in [6.45, 7) is 3.23. The molecule has 1 heterocycles. The molecule has 0 aromatic heterocycles. The highest BCUT2D eigenvalue weighted by Crippen LogP contribution is 2.15. The molecule has 0 saturated carbocycles. The van der Waals surface area contributed by atoms with Crippen LogP contribution in [-0.4, -0.2) is 48.9 Å². The van der Waals surface area contributed by atoms with Gasteiger partial charge < -0.3 is 19.7 Å². The fourth-order valence-corrected chi connectivity index (χ4v) is 2.66. The summed E-state index contributed by atoms with van der Waals surface area (Å²) in [4.78, 5) is 2.15. The third-order valence-corrected chi connectivity index (χ3v) is 3.62.